The number of unbranched alkanes of at least 4 members (excludes halogenated alkanes) is 2. The lowest BCUT2D eigenvalue weighted by Crippen LogP contribution is -2.39. The number of rotatable bonds is 8. The highest BCUT2D eigenvalue weighted by Crippen LogP contribution is 2.19. The van der Waals surface area contributed by atoms with E-state index in [1.807, 2.05) is 0 Å². The minimum Gasteiger partial charge on any atom is -0.312 e. The van der Waals surface area contributed by atoms with Gasteiger partial charge in [-0.25, -0.2) is 0 Å². The fourth-order valence-electron chi connectivity index (χ4n) is 2.41. The van der Waals surface area contributed by atoms with E-state index in [9.17, 15) is 0 Å². The number of halogens is 1. The predicted octanol–water partition coefficient (Wildman–Crippen LogP) is 5.58. The molecule has 0 aromatic heterocycles. The van der Waals surface area contributed by atoms with Gasteiger partial charge < -0.3 is 5.32 Å². The van der Waals surface area contributed by atoms with Gasteiger partial charge in [-0.05, 0) is 63.8 Å². The third kappa shape index (κ3) is 8.06. The van der Waals surface area contributed by atoms with Crippen molar-refractivity contribution in [1.29, 1.82) is 0 Å². The first kappa shape index (κ1) is 17.7. The number of hydrogen-bond acceptors (Lipinski definition) is 1. The van der Waals surface area contributed by atoms with Crippen molar-refractivity contribution >= 4 is 15.9 Å². The van der Waals surface area contributed by atoms with Gasteiger partial charge in [0.05, 0.1) is 0 Å². The summed E-state index contributed by atoms with van der Waals surface area (Å²) in [6.45, 7) is 10.1. The molecule has 1 nitrogen and oxygen atoms in total. The van der Waals surface area contributed by atoms with E-state index in [0.717, 1.165) is 12.5 Å². The fraction of sp³-hybridized carbons (Fsp3) is 0.667. The van der Waals surface area contributed by atoms with Crippen molar-refractivity contribution in [3.8, 4) is 0 Å². The molecular weight excluding hydrogens is 310 g/mol. The van der Waals surface area contributed by atoms with Gasteiger partial charge in [0.25, 0.3) is 0 Å². The molecule has 114 valence electrons. The van der Waals surface area contributed by atoms with E-state index in [-0.39, 0.29) is 5.54 Å². The van der Waals surface area contributed by atoms with Crippen molar-refractivity contribution in [3.63, 3.8) is 0 Å². The van der Waals surface area contributed by atoms with Gasteiger partial charge in [0.15, 0.2) is 0 Å². The zero-order valence-corrected chi connectivity index (χ0v) is 15.1. The van der Waals surface area contributed by atoms with Crippen LogP contribution in [0.25, 0.3) is 0 Å². The van der Waals surface area contributed by atoms with Crippen molar-refractivity contribution in [2.24, 2.45) is 5.92 Å². The van der Waals surface area contributed by atoms with Crippen LogP contribution >= 0.6 is 15.9 Å². The lowest BCUT2D eigenvalue weighted by Gasteiger charge is -2.25. The van der Waals surface area contributed by atoms with E-state index in [4.69, 9.17) is 0 Å². The van der Waals surface area contributed by atoms with E-state index >= 15 is 0 Å². The summed E-state index contributed by atoms with van der Waals surface area (Å²) >= 11 is 3.57. The molecule has 1 rings (SSSR count). The van der Waals surface area contributed by atoms with Crippen LogP contribution in [0.3, 0.4) is 0 Å². The Bertz CT molecular complexity index is 381. The zero-order valence-electron chi connectivity index (χ0n) is 13.5. The van der Waals surface area contributed by atoms with Gasteiger partial charge >= 0.3 is 0 Å². The molecule has 0 aliphatic rings. The maximum absolute atomic E-state index is 3.67. The Kier molecular flexibility index (Phi) is 7.83. The van der Waals surface area contributed by atoms with Gasteiger partial charge in [-0.2, -0.15) is 0 Å². The van der Waals surface area contributed by atoms with Crippen molar-refractivity contribution in [1.82, 2.24) is 5.32 Å². The number of nitrogens with one attached hydrogen (secondary N) is 1. The smallest absolute Gasteiger partial charge is 0.0177 e. The van der Waals surface area contributed by atoms with Crippen LogP contribution in [0, 0.1) is 5.92 Å². The normalized spacial score (nSPS) is 13.4. The lowest BCUT2D eigenvalue weighted by atomic mass is 9.92. The summed E-state index contributed by atoms with van der Waals surface area (Å²) in [6.07, 6.45) is 6.50. The molecule has 0 aliphatic carbocycles. The second-order valence-electron chi connectivity index (χ2n) is 6.83. The summed E-state index contributed by atoms with van der Waals surface area (Å²) in [7, 11) is 0. The molecule has 20 heavy (non-hydrogen) atoms. The molecular formula is C18H30BrN. The van der Waals surface area contributed by atoms with E-state index in [0.29, 0.717) is 0 Å². The first-order valence-electron chi connectivity index (χ1n) is 7.90. The molecule has 0 saturated heterocycles. The van der Waals surface area contributed by atoms with E-state index in [1.165, 1.54) is 42.1 Å². The third-order valence-electron chi connectivity index (χ3n) is 3.55. The van der Waals surface area contributed by atoms with Crippen LogP contribution in [0.1, 0.15) is 58.9 Å². The van der Waals surface area contributed by atoms with Crippen molar-refractivity contribution in [2.45, 2.75) is 65.3 Å². The van der Waals surface area contributed by atoms with Gasteiger partial charge in [0.1, 0.15) is 0 Å². The molecule has 1 unspecified atom stereocenters. The molecule has 1 N–H and O–H groups in total. The topological polar surface area (TPSA) is 12.0 Å². The molecule has 0 heterocycles. The van der Waals surface area contributed by atoms with Crippen LogP contribution in [0.2, 0.25) is 0 Å². The van der Waals surface area contributed by atoms with Crippen LogP contribution in [-0.4, -0.2) is 12.1 Å². The highest BCUT2D eigenvalue weighted by molar-refractivity contribution is 9.10. The molecule has 0 radical (unpaired) electrons. The summed E-state index contributed by atoms with van der Waals surface area (Å²) in [6, 6.07) is 8.74. The molecule has 0 spiro atoms. The van der Waals surface area contributed by atoms with Crippen LogP contribution in [0.5, 0.6) is 0 Å². The van der Waals surface area contributed by atoms with Gasteiger partial charge in [-0.15, -0.1) is 0 Å². The Hall–Kier alpha value is -0.340. The van der Waals surface area contributed by atoms with Crippen LogP contribution in [-0.2, 0) is 6.42 Å². The Labute approximate surface area is 133 Å². The average molecular weight is 340 g/mol. The minimum atomic E-state index is 0.209. The lowest BCUT2D eigenvalue weighted by molar-refractivity contribution is 0.350. The first-order valence-corrected chi connectivity index (χ1v) is 8.69. The number of hydrogen-bond donors (Lipinski definition) is 1. The van der Waals surface area contributed by atoms with E-state index in [1.54, 1.807) is 0 Å². The first-order chi connectivity index (χ1) is 9.40. The van der Waals surface area contributed by atoms with Gasteiger partial charge in [-0.3, -0.25) is 0 Å². The summed E-state index contributed by atoms with van der Waals surface area (Å²) in [5.41, 5.74) is 1.65. The standard InChI is InChI=1S/C18H30BrN/c1-5-6-7-9-16(14-20-18(2,3)4)12-15-10-8-11-17(19)13-15/h8,10-11,13,16,20H,5-7,9,12,14H2,1-4H3. The quantitative estimate of drug-likeness (QED) is 0.610. The van der Waals surface area contributed by atoms with Crippen LogP contribution < -0.4 is 5.32 Å². The summed E-state index contributed by atoms with van der Waals surface area (Å²) in [5, 5.41) is 3.67. The second kappa shape index (κ2) is 8.84. The van der Waals surface area contributed by atoms with Gasteiger partial charge in [0, 0.05) is 10.0 Å². The molecule has 0 amide bonds. The average Bonchev–Trinajstić information content (AvgIpc) is 2.35. The molecule has 1 atom stereocenters. The largest absolute Gasteiger partial charge is 0.312 e. The molecule has 2 heteroatoms. The van der Waals surface area contributed by atoms with Crippen molar-refractivity contribution in [3.05, 3.63) is 34.3 Å². The molecule has 0 fully saturated rings. The maximum Gasteiger partial charge on any atom is 0.0177 e. The van der Waals surface area contributed by atoms with Gasteiger partial charge in [0.2, 0.25) is 0 Å². The van der Waals surface area contributed by atoms with E-state index < -0.39 is 0 Å². The van der Waals surface area contributed by atoms with E-state index in [2.05, 4.69) is 73.2 Å². The Morgan fingerprint density at radius 3 is 2.55 bits per heavy atom. The van der Waals surface area contributed by atoms with Crippen molar-refractivity contribution < 1.29 is 0 Å². The molecule has 0 aliphatic heterocycles. The minimum absolute atomic E-state index is 0.209. The SMILES string of the molecule is CCCCCC(CNC(C)(C)C)Cc1cccc(Br)c1. The maximum atomic E-state index is 3.67. The summed E-state index contributed by atoms with van der Waals surface area (Å²) < 4.78 is 1.19. The Morgan fingerprint density at radius 1 is 1.20 bits per heavy atom. The molecule has 0 bridgehead atoms. The van der Waals surface area contributed by atoms with Crippen molar-refractivity contribution in [2.75, 3.05) is 6.54 Å². The molecule has 1 aromatic rings. The highest BCUT2D eigenvalue weighted by Gasteiger charge is 2.14. The second-order valence-corrected chi connectivity index (χ2v) is 7.74. The molecule has 1 aromatic carbocycles. The van der Waals surface area contributed by atoms with Crippen LogP contribution in [0.4, 0.5) is 0 Å². The zero-order chi connectivity index (χ0) is 15.0. The summed E-state index contributed by atoms with van der Waals surface area (Å²) in [4.78, 5) is 0. The predicted molar refractivity (Wildman–Crippen MR) is 93.2 cm³/mol. The molecule has 0 saturated carbocycles. The number of benzene rings is 1. The summed E-state index contributed by atoms with van der Waals surface area (Å²) in [5.74, 6) is 0.732. The monoisotopic (exact) mass is 339 g/mol. The third-order valence-corrected chi connectivity index (χ3v) is 4.04. The van der Waals surface area contributed by atoms with Gasteiger partial charge in [-0.1, -0.05) is 54.2 Å². The highest BCUT2D eigenvalue weighted by atomic mass is 79.9. The Morgan fingerprint density at radius 2 is 1.95 bits per heavy atom. The fourth-order valence-corrected chi connectivity index (χ4v) is 2.85. The van der Waals surface area contributed by atoms with Crippen LogP contribution in [0.15, 0.2) is 28.7 Å². The Balaban J connectivity index is 2.56.